The standard InChI is InChI=1S/C16H9BrClNO3S/c17-10-6-9(14(20)12(18)8-10)7-13-15(21)19(16(22)23-13)11-4-2-1-3-5-11/h1-8,20H/b13-7+. The van der Waals surface area contributed by atoms with Gasteiger partial charge in [0.1, 0.15) is 5.75 Å². The normalized spacial score (nSPS) is 16.4. The molecule has 23 heavy (non-hydrogen) atoms. The van der Waals surface area contributed by atoms with Crippen molar-refractivity contribution < 1.29 is 14.7 Å². The molecule has 1 aliphatic rings. The highest BCUT2D eigenvalue weighted by Crippen LogP contribution is 2.38. The fourth-order valence-electron chi connectivity index (χ4n) is 2.10. The van der Waals surface area contributed by atoms with Gasteiger partial charge in [0, 0.05) is 10.0 Å². The van der Waals surface area contributed by atoms with E-state index in [2.05, 4.69) is 15.9 Å². The molecule has 116 valence electrons. The molecule has 3 rings (SSSR count). The van der Waals surface area contributed by atoms with E-state index in [1.807, 2.05) is 0 Å². The Hall–Kier alpha value is -1.76. The van der Waals surface area contributed by atoms with Crippen LogP contribution in [0.5, 0.6) is 5.75 Å². The van der Waals surface area contributed by atoms with Crippen molar-refractivity contribution in [2.24, 2.45) is 0 Å². The number of hydrogen-bond acceptors (Lipinski definition) is 4. The van der Waals surface area contributed by atoms with Gasteiger partial charge in [-0.2, -0.15) is 0 Å². The van der Waals surface area contributed by atoms with E-state index >= 15 is 0 Å². The van der Waals surface area contributed by atoms with Crippen molar-refractivity contribution in [3.05, 3.63) is 62.4 Å². The molecule has 0 atom stereocenters. The van der Waals surface area contributed by atoms with Gasteiger partial charge in [0.15, 0.2) is 0 Å². The number of thioether (sulfide) groups is 1. The van der Waals surface area contributed by atoms with Crippen LogP contribution in [0.1, 0.15) is 5.56 Å². The Morgan fingerprint density at radius 3 is 2.57 bits per heavy atom. The van der Waals surface area contributed by atoms with E-state index in [9.17, 15) is 14.7 Å². The fourth-order valence-corrected chi connectivity index (χ4v) is 3.77. The second kappa shape index (κ2) is 6.39. The number of halogens is 2. The summed E-state index contributed by atoms with van der Waals surface area (Å²) in [7, 11) is 0. The second-order valence-corrected chi connectivity index (χ2v) is 6.99. The molecule has 7 heteroatoms. The summed E-state index contributed by atoms with van der Waals surface area (Å²) in [4.78, 5) is 26.0. The lowest BCUT2D eigenvalue weighted by molar-refractivity contribution is -0.113. The molecule has 0 saturated carbocycles. The quantitative estimate of drug-likeness (QED) is 0.704. The van der Waals surface area contributed by atoms with Crippen LogP contribution in [0.4, 0.5) is 10.5 Å². The highest BCUT2D eigenvalue weighted by molar-refractivity contribution is 9.10. The van der Waals surface area contributed by atoms with Gasteiger partial charge in [0.05, 0.1) is 15.6 Å². The highest BCUT2D eigenvalue weighted by Gasteiger charge is 2.36. The van der Waals surface area contributed by atoms with Crippen molar-refractivity contribution in [2.75, 3.05) is 4.90 Å². The van der Waals surface area contributed by atoms with E-state index in [1.54, 1.807) is 42.5 Å². The van der Waals surface area contributed by atoms with Crippen LogP contribution < -0.4 is 4.90 Å². The molecule has 0 spiro atoms. The number of carbonyl (C=O) groups excluding carboxylic acids is 2. The molecule has 0 unspecified atom stereocenters. The number of hydrogen-bond donors (Lipinski definition) is 1. The summed E-state index contributed by atoms with van der Waals surface area (Å²) in [5, 5.41) is 9.78. The molecule has 0 aliphatic carbocycles. The summed E-state index contributed by atoms with van der Waals surface area (Å²) in [5.74, 6) is -0.567. The van der Waals surface area contributed by atoms with Crippen LogP contribution in [-0.4, -0.2) is 16.3 Å². The zero-order chi connectivity index (χ0) is 16.6. The molecule has 0 radical (unpaired) electrons. The minimum atomic E-state index is -0.429. The first-order valence-electron chi connectivity index (χ1n) is 6.48. The van der Waals surface area contributed by atoms with E-state index in [0.717, 1.165) is 16.7 Å². The Balaban J connectivity index is 2.00. The van der Waals surface area contributed by atoms with Gasteiger partial charge in [-0.1, -0.05) is 45.7 Å². The molecule has 4 nitrogen and oxygen atoms in total. The predicted octanol–water partition coefficient (Wildman–Crippen LogP) is 5.05. The second-order valence-electron chi connectivity index (χ2n) is 4.68. The van der Waals surface area contributed by atoms with Gasteiger partial charge >= 0.3 is 0 Å². The largest absolute Gasteiger partial charge is 0.506 e. The van der Waals surface area contributed by atoms with Crippen molar-refractivity contribution >= 4 is 62.2 Å². The zero-order valence-corrected chi connectivity index (χ0v) is 14.7. The third-order valence-corrected chi connectivity index (χ3v) is 4.77. The summed E-state index contributed by atoms with van der Waals surface area (Å²) in [6, 6.07) is 11.9. The van der Waals surface area contributed by atoms with Crippen molar-refractivity contribution in [3.63, 3.8) is 0 Å². The van der Waals surface area contributed by atoms with E-state index in [4.69, 9.17) is 11.6 Å². The van der Waals surface area contributed by atoms with Crippen molar-refractivity contribution in [1.82, 2.24) is 0 Å². The maximum absolute atomic E-state index is 12.5. The number of imide groups is 1. The van der Waals surface area contributed by atoms with Gasteiger partial charge in [-0.15, -0.1) is 0 Å². The van der Waals surface area contributed by atoms with Crippen LogP contribution in [0.15, 0.2) is 51.8 Å². The molecule has 2 amide bonds. The molecule has 1 saturated heterocycles. The summed E-state index contributed by atoms with van der Waals surface area (Å²) in [5.41, 5.74) is 0.873. The Labute approximate surface area is 149 Å². The number of phenols is 1. The van der Waals surface area contributed by atoms with Gasteiger partial charge in [0.2, 0.25) is 0 Å². The highest BCUT2D eigenvalue weighted by atomic mass is 79.9. The van der Waals surface area contributed by atoms with E-state index < -0.39 is 5.91 Å². The van der Waals surface area contributed by atoms with Gasteiger partial charge in [-0.3, -0.25) is 9.59 Å². The van der Waals surface area contributed by atoms with Crippen molar-refractivity contribution in [1.29, 1.82) is 0 Å². The average molecular weight is 411 g/mol. The number of rotatable bonds is 2. The number of para-hydroxylation sites is 1. The first-order valence-corrected chi connectivity index (χ1v) is 8.47. The molecule has 1 aliphatic heterocycles. The molecular formula is C16H9BrClNO3S. The first-order chi connectivity index (χ1) is 11.0. The minimum absolute atomic E-state index is 0.138. The fraction of sp³-hybridized carbons (Fsp3) is 0. The Kier molecular flexibility index (Phi) is 4.48. The molecule has 1 N–H and O–H groups in total. The van der Waals surface area contributed by atoms with Crippen LogP contribution in [0.2, 0.25) is 5.02 Å². The monoisotopic (exact) mass is 409 g/mol. The van der Waals surface area contributed by atoms with Crippen LogP contribution >= 0.6 is 39.3 Å². The lowest BCUT2D eigenvalue weighted by atomic mass is 10.2. The Morgan fingerprint density at radius 2 is 1.87 bits per heavy atom. The van der Waals surface area contributed by atoms with Crippen molar-refractivity contribution in [2.45, 2.75) is 0 Å². The van der Waals surface area contributed by atoms with Crippen LogP contribution in [0, 0.1) is 0 Å². The number of amides is 2. The molecule has 1 heterocycles. The molecule has 0 aromatic heterocycles. The van der Waals surface area contributed by atoms with Gasteiger partial charge in [0.25, 0.3) is 11.1 Å². The number of carbonyl (C=O) groups is 2. The molecule has 2 aromatic carbocycles. The molecule has 0 bridgehead atoms. The van der Waals surface area contributed by atoms with Crippen LogP contribution in [0.3, 0.4) is 0 Å². The zero-order valence-electron chi connectivity index (χ0n) is 11.5. The van der Waals surface area contributed by atoms with Gasteiger partial charge in [-0.25, -0.2) is 4.90 Å². The summed E-state index contributed by atoms with van der Waals surface area (Å²) in [6.07, 6.45) is 1.46. The van der Waals surface area contributed by atoms with Gasteiger partial charge in [-0.05, 0) is 42.1 Å². The number of nitrogens with zero attached hydrogens (tertiary/aromatic N) is 1. The minimum Gasteiger partial charge on any atom is -0.506 e. The van der Waals surface area contributed by atoms with E-state index in [1.165, 1.54) is 6.08 Å². The number of benzene rings is 2. The predicted molar refractivity (Wildman–Crippen MR) is 95.7 cm³/mol. The van der Waals surface area contributed by atoms with E-state index in [-0.39, 0.29) is 20.9 Å². The number of phenolic OH excluding ortho intramolecular Hbond substituents is 1. The SMILES string of the molecule is O=C1S/C(=C/c2cc(Br)cc(Cl)c2O)C(=O)N1c1ccccc1. The van der Waals surface area contributed by atoms with Crippen molar-refractivity contribution in [3.8, 4) is 5.75 Å². The number of anilines is 1. The lowest BCUT2D eigenvalue weighted by Gasteiger charge is -2.11. The Bertz CT molecular complexity index is 839. The smallest absolute Gasteiger partial charge is 0.298 e. The molecule has 2 aromatic rings. The maximum atomic E-state index is 12.5. The summed E-state index contributed by atoms with van der Waals surface area (Å²) < 4.78 is 0.661. The molecular weight excluding hydrogens is 402 g/mol. The third kappa shape index (κ3) is 3.15. The van der Waals surface area contributed by atoms with Crippen LogP contribution in [0.25, 0.3) is 6.08 Å². The summed E-state index contributed by atoms with van der Waals surface area (Å²) >= 11 is 10.0. The number of aromatic hydroxyl groups is 1. The summed E-state index contributed by atoms with van der Waals surface area (Å²) in [6.45, 7) is 0. The topological polar surface area (TPSA) is 57.6 Å². The lowest BCUT2D eigenvalue weighted by Crippen LogP contribution is -2.27. The molecule has 1 fully saturated rings. The Morgan fingerprint density at radius 1 is 1.17 bits per heavy atom. The maximum Gasteiger partial charge on any atom is 0.298 e. The van der Waals surface area contributed by atoms with E-state index in [0.29, 0.717) is 15.7 Å². The third-order valence-electron chi connectivity index (χ3n) is 3.15. The van der Waals surface area contributed by atoms with Crippen LogP contribution in [-0.2, 0) is 4.79 Å². The first kappa shape index (κ1) is 16.1. The van der Waals surface area contributed by atoms with Gasteiger partial charge < -0.3 is 5.11 Å². The average Bonchev–Trinajstić information content (AvgIpc) is 2.79.